The van der Waals surface area contributed by atoms with E-state index < -0.39 is 47.9 Å². The van der Waals surface area contributed by atoms with Crippen molar-refractivity contribution in [1.29, 1.82) is 0 Å². The fourth-order valence-corrected chi connectivity index (χ4v) is 6.26. The van der Waals surface area contributed by atoms with E-state index in [2.05, 4.69) is 31.9 Å². The topological polar surface area (TPSA) is 114 Å². The standard InChI is InChI=1S/C28H21Br2ClN2O7/c29-20-12-18-19(13-21(20)30)27(37)33(26(18)36)32(25(35)17-4-1-2-5-22(17)31)14-23(34)15-7-9-16(10-8-15)40-28(38)24-6-3-11-39-24/h1-11,18-21H,12-14H2/t18-,19-,20+,21+/m1/s1. The lowest BCUT2D eigenvalue weighted by atomic mass is 9.81. The van der Waals surface area contributed by atoms with Crippen molar-refractivity contribution in [1.82, 2.24) is 10.0 Å². The largest absolute Gasteiger partial charge is 0.457 e. The quantitative estimate of drug-likeness (QED) is 0.108. The number of amides is 3. The number of ether oxygens (including phenoxy) is 1. The number of rotatable bonds is 7. The number of hydrazine groups is 1. The molecule has 0 N–H and O–H groups in total. The number of alkyl halides is 2. The second kappa shape index (κ2) is 11.7. The van der Waals surface area contributed by atoms with Gasteiger partial charge in [-0.3, -0.25) is 19.2 Å². The number of benzene rings is 2. The number of imide groups is 1. The molecule has 9 nitrogen and oxygen atoms in total. The summed E-state index contributed by atoms with van der Waals surface area (Å²) in [4.78, 5) is 66.1. The highest BCUT2D eigenvalue weighted by Gasteiger charge is 2.54. The van der Waals surface area contributed by atoms with E-state index in [4.69, 9.17) is 20.8 Å². The maximum absolute atomic E-state index is 13.7. The fourth-order valence-electron chi connectivity index (χ4n) is 4.81. The fraction of sp³-hybridized carbons (Fsp3) is 0.250. The van der Waals surface area contributed by atoms with Gasteiger partial charge in [-0.25, -0.2) is 9.80 Å². The molecule has 12 heteroatoms. The lowest BCUT2D eigenvalue weighted by molar-refractivity contribution is -0.154. The van der Waals surface area contributed by atoms with Crippen LogP contribution < -0.4 is 4.74 Å². The first kappa shape index (κ1) is 28.3. The van der Waals surface area contributed by atoms with Crippen LogP contribution in [0.4, 0.5) is 0 Å². The lowest BCUT2D eigenvalue weighted by Crippen LogP contribution is -2.52. The van der Waals surface area contributed by atoms with Crippen molar-refractivity contribution in [2.45, 2.75) is 22.5 Å². The van der Waals surface area contributed by atoms with Crippen molar-refractivity contribution < 1.29 is 33.1 Å². The zero-order valence-electron chi connectivity index (χ0n) is 20.7. The predicted octanol–water partition coefficient (Wildman–Crippen LogP) is 5.31. The molecule has 2 aromatic carbocycles. The van der Waals surface area contributed by atoms with E-state index in [0.29, 0.717) is 12.8 Å². The average Bonchev–Trinajstić information content (AvgIpc) is 3.56. The van der Waals surface area contributed by atoms with Crippen molar-refractivity contribution in [3.63, 3.8) is 0 Å². The first-order chi connectivity index (χ1) is 19.2. The van der Waals surface area contributed by atoms with Crippen LogP contribution in [0, 0.1) is 11.8 Å². The van der Waals surface area contributed by atoms with Crippen molar-refractivity contribution >= 4 is 72.9 Å². The van der Waals surface area contributed by atoms with Gasteiger partial charge in [0.25, 0.3) is 17.7 Å². The van der Waals surface area contributed by atoms with Gasteiger partial charge in [0.05, 0.1) is 28.7 Å². The molecule has 1 aliphatic heterocycles. The highest BCUT2D eigenvalue weighted by Crippen LogP contribution is 2.43. The van der Waals surface area contributed by atoms with E-state index in [9.17, 15) is 24.0 Å². The molecule has 5 rings (SSSR count). The molecule has 206 valence electrons. The summed E-state index contributed by atoms with van der Waals surface area (Å²) >= 11 is 13.4. The van der Waals surface area contributed by atoms with E-state index in [1.807, 2.05) is 0 Å². The number of ketones is 1. The second-order valence-corrected chi connectivity index (χ2v) is 12.1. The van der Waals surface area contributed by atoms with Gasteiger partial charge in [0.15, 0.2) is 5.78 Å². The molecular weight excluding hydrogens is 672 g/mol. The smallest absolute Gasteiger partial charge is 0.379 e. The first-order valence-electron chi connectivity index (χ1n) is 12.3. The Balaban J connectivity index is 1.40. The van der Waals surface area contributed by atoms with Gasteiger partial charge >= 0.3 is 5.97 Å². The summed E-state index contributed by atoms with van der Waals surface area (Å²) in [6, 6.07) is 14.9. The third kappa shape index (κ3) is 5.50. The van der Waals surface area contributed by atoms with Crippen molar-refractivity contribution in [3.05, 3.63) is 88.8 Å². The summed E-state index contributed by atoms with van der Waals surface area (Å²) in [5.41, 5.74) is 0.219. The molecule has 1 aromatic heterocycles. The maximum Gasteiger partial charge on any atom is 0.379 e. The third-order valence-electron chi connectivity index (χ3n) is 6.87. The normalized spacial score (nSPS) is 22.1. The minimum absolute atomic E-state index is 0.0202. The summed E-state index contributed by atoms with van der Waals surface area (Å²) in [7, 11) is 0. The van der Waals surface area contributed by atoms with E-state index in [1.165, 1.54) is 48.7 Å². The Morgan fingerprint density at radius 1 is 0.925 bits per heavy atom. The van der Waals surface area contributed by atoms with Gasteiger partial charge < -0.3 is 9.15 Å². The number of carbonyl (C=O) groups excluding carboxylic acids is 5. The molecule has 0 spiro atoms. The van der Waals surface area contributed by atoms with Gasteiger partial charge in [-0.1, -0.05) is 55.6 Å². The number of esters is 1. The number of furan rings is 1. The number of carbonyl (C=O) groups is 5. The maximum atomic E-state index is 13.7. The summed E-state index contributed by atoms with van der Waals surface area (Å²) in [5, 5.41) is 1.80. The molecule has 2 aliphatic rings. The van der Waals surface area contributed by atoms with E-state index >= 15 is 0 Å². The zero-order chi connectivity index (χ0) is 28.6. The van der Waals surface area contributed by atoms with Crippen LogP contribution in [0.5, 0.6) is 5.75 Å². The molecule has 3 aromatic rings. The Hall–Kier alpha value is -3.28. The minimum Gasteiger partial charge on any atom is -0.457 e. The number of halogens is 3. The summed E-state index contributed by atoms with van der Waals surface area (Å²) in [6.45, 7) is -0.595. The number of hydrogen-bond acceptors (Lipinski definition) is 7. The summed E-state index contributed by atoms with van der Waals surface area (Å²) in [5.74, 6) is -4.12. The highest BCUT2D eigenvalue weighted by atomic mass is 79.9. The molecule has 4 atom stereocenters. The summed E-state index contributed by atoms with van der Waals surface area (Å²) in [6.07, 6.45) is 2.15. The van der Waals surface area contributed by atoms with Crippen molar-refractivity contribution in [3.8, 4) is 5.75 Å². The number of fused-ring (bicyclic) bond motifs is 1. The van der Waals surface area contributed by atoms with Crippen LogP contribution in [0.2, 0.25) is 5.02 Å². The zero-order valence-corrected chi connectivity index (χ0v) is 24.6. The number of nitrogens with zero attached hydrogens (tertiary/aromatic N) is 2. The molecule has 1 saturated heterocycles. The average molecular weight is 693 g/mol. The molecule has 0 radical (unpaired) electrons. The molecule has 0 unspecified atom stereocenters. The van der Waals surface area contributed by atoms with Gasteiger partial charge in [-0.15, -0.1) is 0 Å². The SMILES string of the molecule is O=C(CN(C(=O)c1ccccc1Cl)N1C(=O)[C@@H]2C[C@H](Br)[C@@H](Br)C[C@H]2C1=O)c1ccc(OC(=O)c2ccco2)cc1. The molecule has 40 heavy (non-hydrogen) atoms. The van der Waals surface area contributed by atoms with Crippen molar-refractivity contribution in [2.24, 2.45) is 11.8 Å². The summed E-state index contributed by atoms with van der Waals surface area (Å²) < 4.78 is 10.2. The van der Waals surface area contributed by atoms with Gasteiger partial charge in [0, 0.05) is 15.2 Å². The van der Waals surface area contributed by atoms with Crippen LogP contribution >= 0.6 is 43.5 Å². The van der Waals surface area contributed by atoms with Crippen LogP contribution in [-0.4, -0.2) is 55.7 Å². The first-order valence-corrected chi connectivity index (χ1v) is 14.5. The molecule has 1 aliphatic carbocycles. The molecular formula is C28H21Br2ClN2O7. The molecule has 2 fully saturated rings. The van der Waals surface area contributed by atoms with E-state index in [-0.39, 0.29) is 37.3 Å². The minimum atomic E-state index is -0.755. The van der Waals surface area contributed by atoms with Gasteiger partial charge in [-0.2, -0.15) is 5.01 Å². The Bertz CT molecular complexity index is 1450. The Kier molecular flexibility index (Phi) is 8.25. The lowest BCUT2D eigenvalue weighted by Gasteiger charge is -2.30. The predicted molar refractivity (Wildman–Crippen MR) is 150 cm³/mol. The van der Waals surface area contributed by atoms with Gasteiger partial charge in [0.1, 0.15) is 12.3 Å². The van der Waals surface area contributed by atoms with E-state index in [0.717, 1.165) is 10.0 Å². The third-order valence-corrected chi connectivity index (χ3v) is 9.93. The van der Waals surface area contributed by atoms with Crippen LogP contribution in [-0.2, 0) is 9.59 Å². The van der Waals surface area contributed by atoms with Crippen LogP contribution in [0.1, 0.15) is 44.1 Å². The van der Waals surface area contributed by atoms with Crippen LogP contribution in [0.3, 0.4) is 0 Å². The monoisotopic (exact) mass is 690 g/mol. The second-order valence-electron chi connectivity index (χ2n) is 9.36. The van der Waals surface area contributed by atoms with Crippen LogP contribution in [0.25, 0.3) is 0 Å². The number of Topliss-reactive ketones (excluding diaryl/α,β-unsaturated/α-hetero) is 1. The molecule has 2 heterocycles. The van der Waals surface area contributed by atoms with Gasteiger partial charge in [-0.05, 0) is 61.4 Å². The van der Waals surface area contributed by atoms with Crippen LogP contribution in [0.15, 0.2) is 71.3 Å². The Morgan fingerprint density at radius 3 is 2.12 bits per heavy atom. The number of hydrogen-bond donors (Lipinski definition) is 0. The Labute approximate surface area is 250 Å². The van der Waals surface area contributed by atoms with Crippen molar-refractivity contribution in [2.75, 3.05) is 6.54 Å². The molecule has 1 saturated carbocycles. The van der Waals surface area contributed by atoms with E-state index in [1.54, 1.807) is 18.2 Å². The van der Waals surface area contributed by atoms with Gasteiger partial charge in [0.2, 0.25) is 5.76 Å². The highest BCUT2D eigenvalue weighted by molar-refractivity contribution is 9.12. The Morgan fingerprint density at radius 2 is 1.55 bits per heavy atom. The molecule has 3 amide bonds. The molecule has 0 bridgehead atoms.